The minimum Gasteiger partial charge on any atom is -0.481 e. The van der Waals surface area contributed by atoms with Crippen LogP contribution < -0.4 is 0 Å². The van der Waals surface area contributed by atoms with Crippen molar-refractivity contribution in [3.8, 4) is 0 Å². The van der Waals surface area contributed by atoms with E-state index in [1.54, 1.807) is 12.1 Å². The van der Waals surface area contributed by atoms with Gasteiger partial charge in [-0.25, -0.2) is 0 Å². The van der Waals surface area contributed by atoms with Gasteiger partial charge in [-0.3, -0.25) is 14.7 Å². The van der Waals surface area contributed by atoms with Gasteiger partial charge in [0.15, 0.2) is 0 Å². The molecule has 1 aliphatic heterocycles. The van der Waals surface area contributed by atoms with Gasteiger partial charge in [-0.05, 0) is 26.0 Å². The minimum atomic E-state index is -2.98. The lowest BCUT2D eigenvalue weighted by atomic mass is 9.99. The zero-order valence-electron chi connectivity index (χ0n) is 13.6. The molecule has 5 nitrogen and oxygen atoms in total. The van der Waals surface area contributed by atoms with E-state index in [0.717, 1.165) is 6.92 Å². The number of halogens is 2. The van der Waals surface area contributed by atoms with Crippen molar-refractivity contribution in [1.29, 1.82) is 0 Å². The Labute approximate surface area is 134 Å². The van der Waals surface area contributed by atoms with Gasteiger partial charge in [0, 0.05) is 25.6 Å². The molecule has 128 valence electrons. The maximum absolute atomic E-state index is 13.4. The number of carboxylic acid groups (broad SMARTS) is 1. The summed E-state index contributed by atoms with van der Waals surface area (Å²) in [5.41, 5.74) is -0.0438. The number of carbonyl (C=O) groups is 1. The van der Waals surface area contributed by atoms with Crippen molar-refractivity contribution in [2.45, 2.75) is 51.3 Å². The molecular formula is C16H22F2N2O3. The number of morpholine rings is 1. The molecule has 2 rings (SSSR count). The van der Waals surface area contributed by atoms with E-state index in [9.17, 15) is 13.6 Å². The predicted octanol–water partition coefficient (Wildman–Crippen LogP) is 2.65. The number of pyridine rings is 1. The van der Waals surface area contributed by atoms with Gasteiger partial charge in [0.25, 0.3) is 5.92 Å². The van der Waals surface area contributed by atoms with Crippen LogP contribution in [0.5, 0.6) is 0 Å². The number of ether oxygens (including phenoxy) is 1. The molecule has 1 fully saturated rings. The highest BCUT2D eigenvalue weighted by Crippen LogP contribution is 2.27. The third kappa shape index (κ3) is 4.68. The van der Waals surface area contributed by atoms with E-state index in [1.165, 1.54) is 6.07 Å². The van der Waals surface area contributed by atoms with E-state index in [-0.39, 0.29) is 17.7 Å². The molecule has 0 spiro atoms. The van der Waals surface area contributed by atoms with Crippen molar-refractivity contribution in [2.75, 3.05) is 13.2 Å². The number of alkyl halides is 2. The molecule has 1 aliphatic rings. The highest BCUT2D eigenvalue weighted by molar-refractivity contribution is 5.67. The molecule has 0 aliphatic carbocycles. The lowest BCUT2D eigenvalue weighted by Crippen LogP contribution is -2.56. The topological polar surface area (TPSA) is 62.7 Å². The fraction of sp³-hybridized carbons (Fsp3) is 0.625. The van der Waals surface area contributed by atoms with Crippen molar-refractivity contribution >= 4 is 5.97 Å². The summed E-state index contributed by atoms with van der Waals surface area (Å²) in [6, 6.07) is 4.57. The molecule has 23 heavy (non-hydrogen) atoms. The fourth-order valence-corrected chi connectivity index (χ4v) is 2.56. The van der Waals surface area contributed by atoms with E-state index in [2.05, 4.69) is 4.98 Å². The smallest absolute Gasteiger partial charge is 0.306 e. The molecule has 1 saturated heterocycles. The summed E-state index contributed by atoms with van der Waals surface area (Å²) < 4.78 is 32.4. The Balaban J connectivity index is 2.14. The Morgan fingerprint density at radius 3 is 2.83 bits per heavy atom. The summed E-state index contributed by atoms with van der Waals surface area (Å²) in [4.78, 5) is 16.9. The number of carboxylic acids is 1. The number of nitrogens with zero attached hydrogens (tertiary/aromatic N) is 2. The Morgan fingerprint density at radius 1 is 1.52 bits per heavy atom. The van der Waals surface area contributed by atoms with Crippen LogP contribution in [-0.4, -0.2) is 45.8 Å². The lowest BCUT2D eigenvalue weighted by Gasteiger charge is -2.45. The predicted molar refractivity (Wildman–Crippen MR) is 80.3 cm³/mol. The van der Waals surface area contributed by atoms with Gasteiger partial charge in [-0.1, -0.05) is 6.07 Å². The SMILES string of the molecule is CC(F)(F)c1cccc(CN2CC(CC(=O)O)OCC2(C)C)n1. The standard InChI is InChI=1S/C16H22F2N2O3/c1-15(2)10-23-12(7-14(21)22)9-20(15)8-11-5-4-6-13(19-11)16(3,17)18/h4-6,12H,7-10H2,1-3H3,(H,21,22). The first kappa shape index (κ1) is 17.7. The molecule has 1 aromatic heterocycles. The molecule has 0 bridgehead atoms. The monoisotopic (exact) mass is 328 g/mol. The lowest BCUT2D eigenvalue weighted by molar-refractivity contribution is -0.147. The van der Waals surface area contributed by atoms with Gasteiger partial charge in [-0.15, -0.1) is 0 Å². The van der Waals surface area contributed by atoms with Crippen LogP contribution >= 0.6 is 0 Å². The number of aromatic nitrogens is 1. The average Bonchev–Trinajstić information content (AvgIpc) is 2.42. The van der Waals surface area contributed by atoms with E-state index in [1.807, 2.05) is 18.7 Å². The minimum absolute atomic E-state index is 0.0763. The van der Waals surface area contributed by atoms with Crippen LogP contribution in [0.3, 0.4) is 0 Å². The molecule has 0 amide bonds. The molecule has 2 heterocycles. The van der Waals surface area contributed by atoms with Crippen molar-refractivity contribution in [2.24, 2.45) is 0 Å². The van der Waals surface area contributed by atoms with Crippen LogP contribution in [0.2, 0.25) is 0 Å². The van der Waals surface area contributed by atoms with Gasteiger partial charge in [-0.2, -0.15) is 8.78 Å². The van der Waals surface area contributed by atoms with E-state index >= 15 is 0 Å². The molecule has 0 aromatic carbocycles. The molecule has 1 N–H and O–H groups in total. The van der Waals surface area contributed by atoms with Crippen molar-refractivity contribution in [1.82, 2.24) is 9.88 Å². The van der Waals surface area contributed by atoms with Crippen LogP contribution in [0.4, 0.5) is 8.78 Å². The number of hydrogen-bond acceptors (Lipinski definition) is 4. The van der Waals surface area contributed by atoms with Crippen molar-refractivity contribution < 1.29 is 23.4 Å². The molecule has 0 radical (unpaired) electrons. The molecule has 1 aromatic rings. The van der Waals surface area contributed by atoms with Crippen LogP contribution in [0, 0.1) is 0 Å². The van der Waals surface area contributed by atoms with E-state index < -0.39 is 18.0 Å². The maximum atomic E-state index is 13.4. The quantitative estimate of drug-likeness (QED) is 0.900. The first-order valence-electron chi connectivity index (χ1n) is 7.50. The Kier molecular flexibility index (Phi) is 5.01. The summed E-state index contributed by atoms with van der Waals surface area (Å²) in [6.07, 6.45) is -0.482. The summed E-state index contributed by atoms with van der Waals surface area (Å²) in [5, 5.41) is 8.90. The Morgan fingerprint density at radius 2 is 2.22 bits per heavy atom. The number of aliphatic carboxylic acids is 1. The van der Waals surface area contributed by atoms with Gasteiger partial charge in [0.05, 0.1) is 24.8 Å². The van der Waals surface area contributed by atoms with Gasteiger partial charge >= 0.3 is 5.97 Å². The zero-order valence-corrected chi connectivity index (χ0v) is 13.6. The number of rotatable bonds is 5. The van der Waals surface area contributed by atoms with E-state index in [0.29, 0.717) is 25.4 Å². The second kappa shape index (κ2) is 6.49. The molecule has 1 atom stereocenters. The molecule has 7 heteroatoms. The maximum Gasteiger partial charge on any atom is 0.306 e. The van der Waals surface area contributed by atoms with Crippen LogP contribution in [0.1, 0.15) is 38.6 Å². The molecular weight excluding hydrogens is 306 g/mol. The Bertz CT molecular complexity index is 573. The van der Waals surface area contributed by atoms with Crippen molar-refractivity contribution in [3.05, 3.63) is 29.6 Å². The average molecular weight is 328 g/mol. The fourth-order valence-electron chi connectivity index (χ4n) is 2.56. The summed E-state index contributed by atoms with van der Waals surface area (Å²) in [7, 11) is 0. The summed E-state index contributed by atoms with van der Waals surface area (Å²) in [5.74, 6) is -3.90. The first-order chi connectivity index (χ1) is 10.6. The normalized spacial score (nSPS) is 22.0. The van der Waals surface area contributed by atoms with Crippen molar-refractivity contribution in [3.63, 3.8) is 0 Å². The van der Waals surface area contributed by atoms with Gasteiger partial charge in [0.1, 0.15) is 5.69 Å². The second-order valence-electron chi connectivity index (χ2n) is 6.63. The highest BCUT2D eigenvalue weighted by Gasteiger charge is 2.36. The summed E-state index contributed by atoms with van der Waals surface area (Å²) in [6.45, 7) is 5.95. The molecule has 1 unspecified atom stereocenters. The van der Waals surface area contributed by atoms with Crippen LogP contribution in [0.25, 0.3) is 0 Å². The third-order valence-electron chi connectivity index (χ3n) is 3.96. The highest BCUT2D eigenvalue weighted by atomic mass is 19.3. The van der Waals surface area contributed by atoms with E-state index in [4.69, 9.17) is 9.84 Å². The Hall–Kier alpha value is -1.60. The van der Waals surface area contributed by atoms with Crippen LogP contribution in [-0.2, 0) is 22.0 Å². The van der Waals surface area contributed by atoms with Gasteiger partial charge < -0.3 is 9.84 Å². The largest absolute Gasteiger partial charge is 0.481 e. The first-order valence-corrected chi connectivity index (χ1v) is 7.50. The third-order valence-corrected chi connectivity index (χ3v) is 3.96. The second-order valence-corrected chi connectivity index (χ2v) is 6.63. The van der Waals surface area contributed by atoms with Crippen LogP contribution in [0.15, 0.2) is 18.2 Å². The number of hydrogen-bond donors (Lipinski definition) is 1. The van der Waals surface area contributed by atoms with Gasteiger partial charge in [0.2, 0.25) is 0 Å². The zero-order chi connectivity index (χ0) is 17.3. The molecule has 0 saturated carbocycles. The summed E-state index contributed by atoms with van der Waals surface area (Å²) >= 11 is 0.